The highest BCUT2D eigenvalue weighted by Gasteiger charge is 2.28. The van der Waals surface area contributed by atoms with Gasteiger partial charge in [0.25, 0.3) is 0 Å². The molecule has 1 saturated heterocycles. The fourth-order valence-electron chi connectivity index (χ4n) is 2.99. The van der Waals surface area contributed by atoms with Crippen LogP contribution >= 0.6 is 24.0 Å². The van der Waals surface area contributed by atoms with Gasteiger partial charge < -0.3 is 19.9 Å². The highest BCUT2D eigenvalue weighted by atomic mass is 127. The van der Waals surface area contributed by atoms with Gasteiger partial charge in [-0.15, -0.1) is 24.0 Å². The molecule has 0 amide bonds. The van der Waals surface area contributed by atoms with E-state index in [0.717, 1.165) is 37.6 Å². The third-order valence-electron chi connectivity index (χ3n) is 4.30. The summed E-state index contributed by atoms with van der Waals surface area (Å²) in [4.78, 5) is 11.4. The van der Waals surface area contributed by atoms with Crippen LogP contribution in [0.2, 0.25) is 0 Å². The van der Waals surface area contributed by atoms with E-state index in [1.54, 1.807) is 0 Å². The summed E-state index contributed by atoms with van der Waals surface area (Å²) in [5, 5.41) is 0. The average Bonchev–Trinajstić information content (AvgIpc) is 3.33. The zero-order valence-electron chi connectivity index (χ0n) is 13.0. The summed E-state index contributed by atoms with van der Waals surface area (Å²) >= 11 is 0. The normalized spacial score (nSPS) is 19.0. The number of imidazole rings is 1. The van der Waals surface area contributed by atoms with Crippen LogP contribution in [-0.2, 0) is 11.3 Å². The number of rotatable bonds is 3. The molecule has 2 aliphatic rings. The van der Waals surface area contributed by atoms with Crippen LogP contribution < -0.4 is 5.73 Å². The molecule has 2 fully saturated rings. The Hall–Kier alpha value is -1.35. The van der Waals surface area contributed by atoms with E-state index in [9.17, 15) is 0 Å². The van der Waals surface area contributed by atoms with Crippen molar-refractivity contribution in [3.05, 3.63) is 30.1 Å². The van der Waals surface area contributed by atoms with E-state index in [-0.39, 0.29) is 24.0 Å². The van der Waals surface area contributed by atoms with Gasteiger partial charge in [-0.2, -0.15) is 0 Å². The molecule has 6 nitrogen and oxygen atoms in total. The van der Waals surface area contributed by atoms with Gasteiger partial charge in [0.05, 0.1) is 24.2 Å². The van der Waals surface area contributed by atoms with E-state index in [1.165, 1.54) is 18.4 Å². The van der Waals surface area contributed by atoms with Gasteiger partial charge >= 0.3 is 0 Å². The Balaban J connectivity index is 0.00000156. The van der Waals surface area contributed by atoms with E-state index in [4.69, 9.17) is 15.5 Å². The topological polar surface area (TPSA) is 68.7 Å². The molecule has 1 aliphatic heterocycles. The predicted octanol–water partition coefficient (Wildman–Crippen LogP) is 2.14. The fourth-order valence-corrected chi connectivity index (χ4v) is 2.99. The van der Waals surface area contributed by atoms with Crippen LogP contribution in [0.15, 0.2) is 29.3 Å². The minimum Gasteiger partial charge on any atom is -0.378 e. The van der Waals surface area contributed by atoms with Crippen molar-refractivity contribution in [1.29, 1.82) is 0 Å². The van der Waals surface area contributed by atoms with Gasteiger partial charge in [-0.25, -0.2) is 9.98 Å². The number of halogens is 1. The molecule has 0 radical (unpaired) electrons. The molecule has 23 heavy (non-hydrogen) atoms. The molecule has 1 saturated carbocycles. The molecule has 1 aromatic heterocycles. The third kappa shape index (κ3) is 3.45. The number of fused-ring (bicyclic) bond motifs is 1. The molecular weight excluding hydrogens is 405 g/mol. The maximum absolute atomic E-state index is 6.12. The standard InChI is InChI=1S/C16H21N5O.HI/c17-16(20-7-9-22-10-8-20)18-11-15-19-13-3-1-2-4-14(13)21(15)12-5-6-12;/h1-4,12H,5-11H2,(H2,17,18);1H. The summed E-state index contributed by atoms with van der Waals surface area (Å²) in [5.41, 5.74) is 8.37. The highest BCUT2D eigenvalue weighted by molar-refractivity contribution is 14.0. The molecule has 2 heterocycles. The maximum Gasteiger partial charge on any atom is 0.191 e. The van der Waals surface area contributed by atoms with Gasteiger partial charge in [0.2, 0.25) is 0 Å². The van der Waals surface area contributed by atoms with E-state index >= 15 is 0 Å². The Bertz CT molecular complexity index is 704. The average molecular weight is 427 g/mol. The molecular formula is C16H22IN5O. The van der Waals surface area contributed by atoms with Crippen molar-refractivity contribution in [3.8, 4) is 0 Å². The van der Waals surface area contributed by atoms with Gasteiger partial charge in [-0.05, 0) is 25.0 Å². The first-order valence-electron chi connectivity index (χ1n) is 7.91. The number of para-hydroxylation sites is 2. The van der Waals surface area contributed by atoms with Crippen LogP contribution in [0.3, 0.4) is 0 Å². The molecule has 2 aromatic rings. The number of morpholine rings is 1. The van der Waals surface area contributed by atoms with Crippen molar-refractivity contribution < 1.29 is 4.74 Å². The van der Waals surface area contributed by atoms with E-state index in [2.05, 4.69) is 32.7 Å². The van der Waals surface area contributed by atoms with E-state index in [1.807, 2.05) is 6.07 Å². The summed E-state index contributed by atoms with van der Waals surface area (Å²) in [6.45, 7) is 3.60. The van der Waals surface area contributed by atoms with Crippen LogP contribution in [0.1, 0.15) is 24.7 Å². The fraction of sp³-hybridized carbons (Fsp3) is 0.500. The molecule has 0 unspecified atom stereocenters. The monoisotopic (exact) mass is 427 g/mol. The number of aliphatic imine (C=N–C) groups is 1. The van der Waals surface area contributed by atoms with Crippen LogP contribution in [0.25, 0.3) is 11.0 Å². The Kier molecular flexibility index (Phi) is 5.05. The van der Waals surface area contributed by atoms with Gasteiger partial charge in [-0.1, -0.05) is 12.1 Å². The van der Waals surface area contributed by atoms with Crippen molar-refractivity contribution in [2.24, 2.45) is 10.7 Å². The minimum absolute atomic E-state index is 0. The number of hydrogen-bond donors (Lipinski definition) is 1. The lowest BCUT2D eigenvalue weighted by molar-refractivity contribution is 0.0674. The van der Waals surface area contributed by atoms with Gasteiger partial charge in [0.15, 0.2) is 5.96 Å². The molecule has 1 aliphatic carbocycles. The van der Waals surface area contributed by atoms with Crippen molar-refractivity contribution in [3.63, 3.8) is 0 Å². The van der Waals surface area contributed by atoms with Crippen LogP contribution in [-0.4, -0.2) is 46.7 Å². The van der Waals surface area contributed by atoms with Gasteiger partial charge in [-0.3, -0.25) is 0 Å². The van der Waals surface area contributed by atoms with Gasteiger partial charge in [0.1, 0.15) is 12.4 Å². The number of nitrogens with zero attached hydrogens (tertiary/aromatic N) is 4. The second-order valence-electron chi connectivity index (χ2n) is 5.89. The maximum atomic E-state index is 6.12. The van der Waals surface area contributed by atoms with Crippen molar-refractivity contribution in [1.82, 2.24) is 14.5 Å². The molecule has 0 atom stereocenters. The first kappa shape index (κ1) is 16.5. The lowest BCUT2D eigenvalue weighted by Gasteiger charge is -2.27. The predicted molar refractivity (Wildman–Crippen MR) is 101 cm³/mol. The first-order valence-corrected chi connectivity index (χ1v) is 7.91. The van der Waals surface area contributed by atoms with Crippen LogP contribution in [0.5, 0.6) is 0 Å². The largest absolute Gasteiger partial charge is 0.378 e. The number of benzene rings is 1. The molecule has 7 heteroatoms. The number of ether oxygens (including phenoxy) is 1. The Morgan fingerprint density at radius 1 is 1.26 bits per heavy atom. The Morgan fingerprint density at radius 2 is 2.00 bits per heavy atom. The molecule has 0 spiro atoms. The summed E-state index contributed by atoms with van der Waals surface area (Å²) in [7, 11) is 0. The molecule has 0 bridgehead atoms. The van der Waals surface area contributed by atoms with Crippen molar-refractivity contribution in [2.75, 3.05) is 26.3 Å². The number of guanidine groups is 1. The second-order valence-corrected chi connectivity index (χ2v) is 5.89. The molecule has 124 valence electrons. The smallest absolute Gasteiger partial charge is 0.191 e. The summed E-state index contributed by atoms with van der Waals surface area (Å²) in [6, 6.07) is 8.88. The van der Waals surface area contributed by atoms with E-state index in [0.29, 0.717) is 18.5 Å². The summed E-state index contributed by atoms with van der Waals surface area (Å²) < 4.78 is 7.68. The molecule has 2 N–H and O–H groups in total. The Labute approximate surface area is 152 Å². The third-order valence-corrected chi connectivity index (χ3v) is 4.30. The highest BCUT2D eigenvalue weighted by Crippen LogP contribution is 2.38. The second kappa shape index (κ2) is 7.04. The zero-order chi connectivity index (χ0) is 14.9. The lowest BCUT2D eigenvalue weighted by Crippen LogP contribution is -2.44. The van der Waals surface area contributed by atoms with Crippen LogP contribution in [0, 0.1) is 0 Å². The van der Waals surface area contributed by atoms with Crippen molar-refractivity contribution >= 4 is 41.0 Å². The molecule has 1 aromatic carbocycles. The summed E-state index contributed by atoms with van der Waals surface area (Å²) in [6.07, 6.45) is 2.46. The van der Waals surface area contributed by atoms with Crippen LogP contribution in [0.4, 0.5) is 0 Å². The quantitative estimate of drug-likeness (QED) is 0.463. The van der Waals surface area contributed by atoms with Crippen molar-refractivity contribution in [2.45, 2.75) is 25.4 Å². The SMILES string of the molecule is I.NC(=NCc1nc2ccccc2n1C1CC1)N1CCOCC1. The first-order chi connectivity index (χ1) is 10.8. The lowest BCUT2D eigenvalue weighted by atomic mass is 10.3. The number of aromatic nitrogens is 2. The Morgan fingerprint density at radius 3 is 2.74 bits per heavy atom. The number of nitrogens with two attached hydrogens (primary N) is 1. The zero-order valence-corrected chi connectivity index (χ0v) is 15.3. The number of hydrogen-bond acceptors (Lipinski definition) is 3. The summed E-state index contributed by atoms with van der Waals surface area (Å²) in [5.74, 6) is 1.61. The van der Waals surface area contributed by atoms with Gasteiger partial charge in [0, 0.05) is 19.1 Å². The minimum atomic E-state index is 0. The van der Waals surface area contributed by atoms with E-state index < -0.39 is 0 Å². The molecule has 4 rings (SSSR count).